The Bertz CT molecular complexity index is 1170. The van der Waals surface area contributed by atoms with E-state index in [-0.39, 0.29) is 17.1 Å². The molecule has 0 spiro atoms. The second-order valence-electron chi connectivity index (χ2n) is 6.07. The number of benzene rings is 1. The maximum absolute atomic E-state index is 12.5. The van der Waals surface area contributed by atoms with Gasteiger partial charge >= 0.3 is 0 Å². The second kappa shape index (κ2) is 9.23. The average molecular weight is 429 g/mol. The van der Waals surface area contributed by atoms with E-state index in [2.05, 4.69) is 9.97 Å². The predicted molar refractivity (Wildman–Crippen MR) is 108 cm³/mol. The van der Waals surface area contributed by atoms with Crippen LogP contribution in [0.5, 0.6) is 11.5 Å². The number of H-pyrrole nitrogens is 1. The van der Waals surface area contributed by atoms with Crippen LogP contribution in [-0.4, -0.2) is 30.9 Å². The molecule has 156 valence electrons. The number of pyridine rings is 2. The van der Waals surface area contributed by atoms with Gasteiger partial charge in [0.1, 0.15) is 11.5 Å². The smallest absolute Gasteiger partial charge is 0.265 e. The van der Waals surface area contributed by atoms with Crippen molar-refractivity contribution < 1.29 is 22.7 Å². The molecular formula is C20H19N3O6S. The predicted octanol–water partition coefficient (Wildman–Crippen LogP) is 1.87. The van der Waals surface area contributed by atoms with E-state index in [1.165, 1.54) is 18.2 Å². The number of sulfonamides is 1. The first-order chi connectivity index (χ1) is 14.4. The standard InChI is InChI=1S/C20H19N3O6S/c1-2-28-18-10-15(5-7-17(18)29-13-14-4-3-9-21-11-14)20(25)23-30(26,27)16-6-8-19(24)22-12-16/h3-12H,2,13H2,1H3,(H,22,24)(H,23,25). The van der Waals surface area contributed by atoms with Gasteiger partial charge < -0.3 is 14.5 Å². The molecule has 3 aromatic rings. The lowest BCUT2D eigenvalue weighted by Crippen LogP contribution is -2.31. The summed E-state index contributed by atoms with van der Waals surface area (Å²) < 4.78 is 37.9. The van der Waals surface area contributed by atoms with E-state index in [1.807, 2.05) is 10.8 Å². The summed E-state index contributed by atoms with van der Waals surface area (Å²) in [5, 5.41) is 0. The fourth-order valence-electron chi connectivity index (χ4n) is 2.48. The summed E-state index contributed by atoms with van der Waals surface area (Å²) in [6.45, 7) is 2.35. The van der Waals surface area contributed by atoms with Gasteiger partial charge in [-0.2, -0.15) is 0 Å². The SMILES string of the molecule is CCOc1cc(C(=O)NS(=O)(=O)c2ccc(=O)[nH]c2)ccc1OCc1cccnc1. The normalized spacial score (nSPS) is 11.0. The first-order valence-electron chi connectivity index (χ1n) is 8.93. The summed E-state index contributed by atoms with van der Waals surface area (Å²) in [5.41, 5.74) is 0.470. The Hall–Kier alpha value is -3.66. The highest BCUT2D eigenvalue weighted by molar-refractivity contribution is 7.90. The van der Waals surface area contributed by atoms with E-state index >= 15 is 0 Å². The van der Waals surface area contributed by atoms with E-state index < -0.39 is 21.5 Å². The van der Waals surface area contributed by atoms with E-state index in [0.29, 0.717) is 18.1 Å². The molecule has 0 aliphatic heterocycles. The molecule has 0 fully saturated rings. The van der Waals surface area contributed by atoms with Crippen molar-refractivity contribution in [1.82, 2.24) is 14.7 Å². The average Bonchev–Trinajstić information content (AvgIpc) is 2.74. The molecule has 2 N–H and O–H groups in total. The molecule has 0 bridgehead atoms. The molecule has 0 atom stereocenters. The summed E-state index contributed by atoms with van der Waals surface area (Å²) in [4.78, 5) is 29.6. The fraction of sp³-hybridized carbons (Fsp3) is 0.150. The Kier molecular flexibility index (Phi) is 6.48. The van der Waals surface area contributed by atoms with Crippen LogP contribution in [0.25, 0.3) is 0 Å². The van der Waals surface area contributed by atoms with Crippen molar-refractivity contribution in [3.05, 3.63) is 82.5 Å². The van der Waals surface area contributed by atoms with Gasteiger partial charge in [0, 0.05) is 35.8 Å². The lowest BCUT2D eigenvalue weighted by atomic mass is 10.2. The molecule has 1 amide bonds. The molecular weight excluding hydrogens is 410 g/mol. The maximum atomic E-state index is 12.5. The molecule has 0 saturated heterocycles. The molecule has 2 aromatic heterocycles. The number of nitrogens with one attached hydrogen (secondary N) is 2. The molecule has 0 aliphatic carbocycles. The van der Waals surface area contributed by atoms with Crippen LogP contribution < -0.4 is 19.8 Å². The third-order valence-electron chi connectivity index (χ3n) is 3.92. The van der Waals surface area contributed by atoms with E-state index in [1.54, 1.807) is 25.4 Å². The zero-order valence-corrected chi connectivity index (χ0v) is 16.8. The molecule has 0 radical (unpaired) electrons. The summed E-state index contributed by atoms with van der Waals surface area (Å²) in [6.07, 6.45) is 4.34. The van der Waals surface area contributed by atoms with Crippen LogP contribution in [-0.2, 0) is 16.6 Å². The largest absolute Gasteiger partial charge is 0.490 e. The molecule has 30 heavy (non-hydrogen) atoms. The Morgan fingerprint density at radius 1 is 1.13 bits per heavy atom. The molecule has 3 rings (SSSR count). The van der Waals surface area contributed by atoms with Gasteiger partial charge in [0.05, 0.1) is 6.61 Å². The lowest BCUT2D eigenvalue weighted by molar-refractivity contribution is 0.0981. The van der Waals surface area contributed by atoms with Crippen LogP contribution in [0.4, 0.5) is 0 Å². The summed E-state index contributed by atoms with van der Waals surface area (Å²) in [6, 6.07) is 10.2. The van der Waals surface area contributed by atoms with Crippen LogP contribution >= 0.6 is 0 Å². The van der Waals surface area contributed by atoms with Gasteiger partial charge in [0.15, 0.2) is 11.5 Å². The monoisotopic (exact) mass is 429 g/mol. The van der Waals surface area contributed by atoms with Gasteiger partial charge in [-0.3, -0.25) is 14.6 Å². The minimum atomic E-state index is -4.15. The number of aromatic nitrogens is 2. The van der Waals surface area contributed by atoms with Gasteiger partial charge in [-0.25, -0.2) is 13.1 Å². The second-order valence-corrected chi connectivity index (χ2v) is 7.75. The minimum absolute atomic E-state index is 0.0696. The van der Waals surface area contributed by atoms with Crippen LogP contribution in [0.2, 0.25) is 0 Å². The van der Waals surface area contributed by atoms with Crippen LogP contribution in [0.15, 0.2) is 70.7 Å². The highest BCUT2D eigenvalue weighted by Crippen LogP contribution is 2.29. The molecule has 1 aromatic carbocycles. The summed E-state index contributed by atoms with van der Waals surface area (Å²) in [7, 11) is -4.15. The number of nitrogens with zero attached hydrogens (tertiary/aromatic N) is 1. The Labute approximate surface area is 172 Å². The first-order valence-corrected chi connectivity index (χ1v) is 10.4. The van der Waals surface area contributed by atoms with Crippen molar-refractivity contribution in [1.29, 1.82) is 0 Å². The molecule has 9 nitrogen and oxygen atoms in total. The third kappa shape index (κ3) is 5.23. The number of rotatable bonds is 8. The highest BCUT2D eigenvalue weighted by atomic mass is 32.2. The van der Waals surface area contributed by atoms with Gasteiger partial charge in [-0.05, 0) is 37.3 Å². The van der Waals surface area contributed by atoms with Crippen molar-refractivity contribution in [3.8, 4) is 11.5 Å². The van der Waals surface area contributed by atoms with Gasteiger partial charge in [-0.1, -0.05) is 6.07 Å². The maximum Gasteiger partial charge on any atom is 0.265 e. The summed E-state index contributed by atoms with van der Waals surface area (Å²) in [5.74, 6) is -0.141. The van der Waals surface area contributed by atoms with Crippen molar-refractivity contribution in [2.75, 3.05) is 6.61 Å². The molecule has 10 heteroatoms. The number of carbonyl (C=O) groups is 1. The minimum Gasteiger partial charge on any atom is -0.490 e. The van der Waals surface area contributed by atoms with Crippen LogP contribution in [0.1, 0.15) is 22.8 Å². The number of carbonyl (C=O) groups excluding carboxylic acids is 1. The van der Waals surface area contributed by atoms with Crippen molar-refractivity contribution >= 4 is 15.9 Å². The zero-order valence-electron chi connectivity index (χ0n) is 16.0. The van der Waals surface area contributed by atoms with Crippen molar-refractivity contribution in [2.45, 2.75) is 18.4 Å². The van der Waals surface area contributed by atoms with E-state index in [4.69, 9.17) is 9.47 Å². The number of hydrogen-bond acceptors (Lipinski definition) is 7. The third-order valence-corrected chi connectivity index (χ3v) is 5.24. The Morgan fingerprint density at radius 3 is 2.63 bits per heavy atom. The topological polar surface area (TPSA) is 127 Å². The first kappa shape index (κ1) is 21.1. The lowest BCUT2D eigenvalue weighted by Gasteiger charge is -2.13. The quantitative estimate of drug-likeness (QED) is 0.559. The molecule has 0 aliphatic rings. The number of ether oxygens (including phenoxy) is 2. The molecule has 2 heterocycles. The van der Waals surface area contributed by atoms with Crippen LogP contribution in [0, 0.1) is 0 Å². The number of amides is 1. The van der Waals surface area contributed by atoms with Gasteiger partial charge in [0.25, 0.3) is 15.9 Å². The fourth-order valence-corrected chi connectivity index (χ4v) is 3.43. The van der Waals surface area contributed by atoms with Crippen molar-refractivity contribution in [2.24, 2.45) is 0 Å². The number of aromatic amines is 1. The van der Waals surface area contributed by atoms with Gasteiger partial charge in [0.2, 0.25) is 5.56 Å². The van der Waals surface area contributed by atoms with E-state index in [9.17, 15) is 18.0 Å². The number of hydrogen-bond donors (Lipinski definition) is 2. The van der Waals surface area contributed by atoms with E-state index in [0.717, 1.165) is 23.9 Å². The zero-order chi connectivity index (χ0) is 21.6. The molecule has 0 saturated carbocycles. The summed E-state index contributed by atoms with van der Waals surface area (Å²) >= 11 is 0. The Morgan fingerprint density at radius 2 is 1.97 bits per heavy atom. The van der Waals surface area contributed by atoms with Gasteiger partial charge in [-0.15, -0.1) is 0 Å². The van der Waals surface area contributed by atoms with Crippen LogP contribution in [0.3, 0.4) is 0 Å². The highest BCUT2D eigenvalue weighted by Gasteiger charge is 2.20. The molecule has 0 unspecified atom stereocenters. The van der Waals surface area contributed by atoms with Crippen molar-refractivity contribution in [3.63, 3.8) is 0 Å². The Balaban J connectivity index is 1.78.